The van der Waals surface area contributed by atoms with Gasteiger partial charge < -0.3 is 10.1 Å². The fourth-order valence-corrected chi connectivity index (χ4v) is 6.67. The van der Waals surface area contributed by atoms with Crippen molar-refractivity contribution in [2.75, 3.05) is 11.1 Å². The second-order valence-corrected chi connectivity index (χ2v) is 12.5. The number of ether oxygens (including phenoxy) is 1. The number of sulfone groups is 1. The molecule has 3 aromatic rings. The van der Waals surface area contributed by atoms with E-state index in [-0.39, 0.29) is 5.75 Å². The molecule has 0 saturated heterocycles. The molecule has 0 amide bonds. The molecule has 3 aromatic carbocycles. The second-order valence-electron chi connectivity index (χ2n) is 10.4. The van der Waals surface area contributed by atoms with Gasteiger partial charge in [0.05, 0.1) is 10.6 Å². The van der Waals surface area contributed by atoms with E-state index in [1.807, 2.05) is 36.4 Å². The van der Waals surface area contributed by atoms with Crippen molar-refractivity contribution in [3.63, 3.8) is 0 Å². The molecule has 2 fully saturated rings. The minimum absolute atomic E-state index is 0.230. The van der Waals surface area contributed by atoms with Crippen molar-refractivity contribution < 1.29 is 13.2 Å². The molecule has 1 N–H and O–H groups in total. The van der Waals surface area contributed by atoms with Crippen LogP contribution >= 0.6 is 0 Å². The van der Waals surface area contributed by atoms with Gasteiger partial charge in [-0.2, -0.15) is 0 Å². The third-order valence-electron chi connectivity index (χ3n) is 7.51. The third kappa shape index (κ3) is 6.70. The standard InChI is InChI=1S/C31H37NO3S/c33-36(34,20-8-13-24-9-3-1-4-10-24)29-15-7-14-27(21-29)32-31-19-18-28(22-30(31)26-16-17-26)35-23-25-11-5-2-6-12-25/h2,5-7,11-12,14-15,18-19,21-22,24,26,32H,1,3-4,8-10,13,16-17,20,23H2. The van der Waals surface area contributed by atoms with Gasteiger partial charge in [-0.25, -0.2) is 8.42 Å². The predicted octanol–water partition coefficient (Wildman–Crippen LogP) is 8.02. The molecule has 190 valence electrons. The number of benzene rings is 3. The van der Waals surface area contributed by atoms with E-state index < -0.39 is 9.84 Å². The van der Waals surface area contributed by atoms with Crippen molar-refractivity contribution in [3.8, 4) is 5.75 Å². The van der Waals surface area contributed by atoms with Crippen LogP contribution in [0.3, 0.4) is 0 Å². The SMILES string of the molecule is O=S(=O)(CCCC1CCCCC1)c1cccc(Nc2ccc(OCc3ccccc3)cc2C2CC2)c1. The van der Waals surface area contributed by atoms with E-state index >= 15 is 0 Å². The van der Waals surface area contributed by atoms with Gasteiger partial charge in [-0.3, -0.25) is 0 Å². The summed E-state index contributed by atoms with van der Waals surface area (Å²) < 4.78 is 32.2. The number of nitrogens with one attached hydrogen (secondary N) is 1. The summed E-state index contributed by atoms with van der Waals surface area (Å²) in [6, 6.07) is 23.6. The van der Waals surface area contributed by atoms with Crippen molar-refractivity contribution in [2.45, 2.75) is 75.2 Å². The van der Waals surface area contributed by atoms with Gasteiger partial charge in [0.15, 0.2) is 9.84 Å². The molecular weight excluding hydrogens is 466 g/mol. The van der Waals surface area contributed by atoms with E-state index in [2.05, 4.69) is 29.6 Å². The van der Waals surface area contributed by atoms with E-state index in [0.29, 0.717) is 23.3 Å². The molecule has 0 aromatic heterocycles. The zero-order chi connectivity index (χ0) is 24.8. The lowest BCUT2D eigenvalue weighted by molar-refractivity contribution is 0.306. The Kier molecular flexibility index (Phi) is 7.96. The molecule has 2 aliphatic rings. The Morgan fingerprint density at radius 3 is 2.42 bits per heavy atom. The Morgan fingerprint density at radius 2 is 1.64 bits per heavy atom. The van der Waals surface area contributed by atoms with Crippen LogP contribution in [0.25, 0.3) is 0 Å². The van der Waals surface area contributed by atoms with Gasteiger partial charge in [-0.1, -0.05) is 68.5 Å². The van der Waals surface area contributed by atoms with E-state index in [0.717, 1.165) is 35.5 Å². The van der Waals surface area contributed by atoms with Gasteiger partial charge in [0.1, 0.15) is 12.4 Å². The third-order valence-corrected chi connectivity index (χ3v) is 9.31. The first-order valence-corrected chi connectivity index (χ1v) is 15.1. The summed E-state index contributed by atoms with van der Waals surface area (Å²) in [6.07, 6.45) is 10.6. The van der Waals surface area contributed by atoms with Gasteiger partial charge in [-0.05, 0) is 85.0 Å². The molecule has 2 aliphatic carbocycles. The predicted molar refractivity (Wildman–Crippen MR) is 147 cm³/mol. The van der Waals surface area contributed by atoms with E-state index in [4.69, 9.17) is 4.74 Å². The summed E-state index contributed by atoms with van der Waals surface area (Å²) in [7, 11) is -3.29. The smallest absolute Gasteiger partial charge is 0.178 e. The largest absolute Gasteiger partial charge is 0.489 e. The maximum absolute atomic E-state index is 13.1. The number of rotatable bonds is 11. The van der Waals surface area contributed by atoms with Crippen LogP contribution in [0.15, 0.2) is 77.7 Å². The molecule has 0 unspecified atom stereocenters. The summed E-state index contributed by atoms with van der Waals surface area (Å²) in [6.45, 7) is 0.540. The molecule has 0 heterocycles. The lowest BCUT2D eigenvalue weighted by Crippen LogP contribution is -2.11. The van der Waals surface area contributed by atoms with Crippen LogP contribution in [0.5, 0.6) is 5.75 Å². The van der Waals surface area contributed by atoms with Crippen molar-refractivity contribution >= 4 is 21.2 Å². The van der Waals surface area contributed by atoms with Gasteiger partial charge >= 0.3 is 0 Å². The molecule has 0 atom stereocenters. The van der Waals surface area contributed by atoms with Crippen LogP contribution in [0.1, 0.15) is 74.8 Å². The van der Waals surface area contributed by atoms with Gasteiger partial charge in [-0.15, -0.1) is 0 Å². The minimum atomic E-state index is -3.29. The number of anilines is 2. The van der Waals surface area contributed by atoms with Crippen LogP contribution in [-0.2, 0) is 16.4 Å². The van der Waals surface area contributed by atoms with Crippen LogP contribution in [0.4, 0.5) is 11.4 Å². The molecule has 36 heavy (non-hydrogen) atoms. The number of hydrogen-bond donors (Lipinski definition) is 1. The maximum Gasteiger partial charge on any atom is 0.178 e. The summed E-state index contributed by atoms with van der Waals surface area (Å²) in [4.78, 5) is 0.409. The summed E-state index contributed by atoms with van der Waals surface area (Å²) in [5.41, 5.74) is 4.21. The Balaban J connectivity index is 1.24. The zero-order valence-electron chi connectivity index (χ0n) is 21.0. The topological polar surface area (TPSA) is 55.4 Å². The van der Waals surface area contributed by atoms with Crippen molar-refractivity contribution in [2.24, 2.45) is 5.92 Å². The highest BCUT2D eigenvalue weighted by molar-refractivity contribution is 7.91. The van der Waals surface area contributed by atoms with Crippen LogP contribution < -0.4 is 10.1 Å². The average Bonchev–Trinajstić information content (AvgIpc) is 3.75. The molecule has 0 bridgehead atoms. The van der Waals surface area contributed by atoms with Crippen molar-refractivity contribution in [1.82, 2.24) is 0 Å². The zero-order valence-corrected chi connectivity index (χ0v) is 21.8. The number of hydrogen-bond acceptors (Lipinski definition) is 4. The average molecular weight is 504 g/mol. The summed E-state index contributed by atoms with van der Waals surface area (Å²) in [5.74, 6) is 2.33. The monoisotopic (exact) mass is 503 g/mol. The fourth-order valence-electron chi connectivity index (χ4n) is 5.30. The van der Waals surface area contributed by atoms with Gasteiger partial charge in [0.2, 0.25) is 0 Å². The van der Waals surface area contributed by atoms with E-state index in [1.54, 1.807) is 12.1 Å². The van der Waals surface area contributed by atoms with Crippen molar-refractivity contribution in [3.05, 3.63) is 83.9 Å². The Labute approximate surface area is 216 Å². The van der Waals surface area contributed by atoms with E-state index in [1.165, 1.54) is 50.5 Å². The molecule has 5 heteroatoms. The Bertz CT molecular complexity index is 1250. The molecule has 0 radical (unpaired) electrons. The molecule has 0 aliphatic heterocycles. The highest BCUT2D eigenvalue weighted by atomic mass is 32.2. The Morgan fingerprint density at radius 1 is 0.833 bits per heavy atom. The molecule has 2 saturated carbocycles. The molecular formula is C31H37NO3S. The highest BCUT2D eigenvalue weighted by Gasteiger charge is 2.27. The van der Waals surface area contributed by atoms with E-state index in [9.17, 15) is 8.42 Å². The summed E-state index contributed by atoms with van der Waals surface area (Å²) >= 11 is 0. The fraction of sp³-hybridized carbons (Fsp3) is 0.419. The first kappa shape index (κ1) is 24.9. The summed E-state index contributed by atoms with van der Waals surface area (Å²) in [5, 5.41) is 3.50. The Hall–Kier alpha value is -2.79. The second kappa shape index (κ2) is 11.5. The molecule has 0 spiro atoms. The van der Waals surface area contributed by atoms with Crippen LogP contribution in [0.2, 0.25) is 0 Å². The molecule has 5 rings (SSSR count). The first-order chi connectivity index (χ1) is 17.6. The van der Waals surface area contributed by atoms with Gasteiger partial charge in [0, 0.05) is 11.4 Å². The lowest BCUT2D eigenvalue weighted by atomic mass is 9.86. The normalized spacial score (nSPS) is 16.6. The highest BCUT2D eigenvalue weighted by Crippen LogP contribution is 2.45. The quantitative estimate of drug-likeness (QED) is 0.288. The van der Waals surface area contributed by atoms with Crippen LogP contribution in [0, 0.1) is 5.92 Å². The van der Waals surface area contributed by atoms with Gasteiger partial charge in [0.25, 0.3) is 0 Å². The minimum Gasteiger partial charge on any atom is -0.489 e. The van der Waals surface area contributed by atoms with Crippen LogP contribution in [-0.4, -0.2) is 14.2 Å². The molecule has 4 nitrogen and oxygen atoms in total. The first-order valence-electron chi connectivity index (χ1n) is 13.5. The maximum atomic E-state index is 13.1. The lowest BCUT2D eigenvalue weighted by Gasteiger charge is -2.21. The van der Waals surface area contributed by atoms with Crippen molar-refractivity contribution in [1.29, 1.82) is 0 Å².